The maximum Gasteiger partial charge on any atom is 0.326 e. The lowest BCUT2D eigenvalue weighted by molar-refractivity contribution is -0.139. The van der Waals surface area contributed by atoms with E-state index in [4.69, 9.17) is 9.84 Å². The van der Waals surface area contributed by atoms with Gasteiger partial charge in [0, 0.05) is 5.56 Å². The molecule has 6 heteroatoms. The van der Waals surface area contributed by atoms with Crippen LogP contribution in [0.3, 0.4) is 0 Å². The highest BCUT2D eigenvalue weighted by atomic mass is 19.1. The SMILES string of the molecule is C=CCCC(NC(=O)c1ccc(F)c(OC)c1)C(=O)O. The minimum Gasteiger partial charge on any atom is -0.494 e. The summed E-state index contributed by atoms with van der Waals surface area (Å²) in [5, 5.41) is 11.4. The Labute approximate surface area is 116 Å². The Hall–Kier alpha value is -2.37. The fourth-order valence-corrected chi connectivity index (χ4v) is 1.58. The van der Waals surface area contributed by atoms with E-state index in [0.717, 1.165) is 6.07 Å². The van der Waals surface area contributed by atoms with Gasteiger partial charge in [0.05, 0.1) is 7.11 Å². The normalized spacial score (nSPS) is 11.5. The minimum absolute atomic E-state index is 0.0735. The highest BCUT2D eigenvalue weighted by molar-refractivity contribution is 5.96. The zero-order valence-electron chi connectivity index (χ0n) is 11.1. The third kappa shape index (κ3) is 4.08. The number of hydrogen-bond acceptors (Lipinski definition) is 3. The molecule has 0 heterocycles. The van der Waals surface area contributed by atoms with E-state index in [2.05, 4.69) is 11.9 Å². The van der Waals surface area contributed by atoms with Crippen molar-refractivity contribution in [2.75, 3.05) is 7.11 Å². The van der Waals surface area contributed by atoms with Crippen LogP contribution in [0.5, 0.6) is 5.75 Å². The van der Waals surface area contributed by atoms with Gasteiger partial charge < -0.3 is 15.2 Å². The van der Waals surface area contributed by atoms with Crippen LogP contribution < -0.4 is 10.1 Å². The topological polar surface area (TPSA) is 75.6 Å². The average molecular weight is 281 g/mol. The van der Waals surface area contributed by atoms with E-state index in [1.54, 1.807) is 6.08 Å². The second kappa shape index (κ2) is 7.28. The van der Waals surface area contributed by atoms with Crippen LogP contribution in [0.4, 0.5) is 4.39 Å². The van der Waals surface area contributed by atoms with Gasteiger partial charge in [-0.25, -0.2) is 9.18 Å². The maximum absolute atomic E-state index is 13.2. The van der Waals surface area contributed by atoms with Crippen LogP contribution in [0.15, 0.2) is 30.9 Å². The van der Waals surface area contributed by atoms with Crippen LogP contribution in [0.2, 0.25) is 0 Å². The van der Waals surface area contributed by atoms with Crippen molar-refractivity contribution in [3.8, 4) is 5.75 Å². The first-order valence-corrected chi connectivity index (χ1v) is 5.97. The van der Waals surface area contributed by atoms with Gasteiger partial charge in [-0.05, 0) is 31.0 Å². The number of rotatable bonds is 7. The fourth-order valence-electron chi connectivity index (χ4n) is 1.58. The van der Waals surface area contributed by atoms with Crippen LogP contribution in [-0.2, 0) is 4.79 Å². The van der Waals surface area contributed by atoms with E-state index in [9.17, 15) is 14.0 Å². The number of hydrogen-bond donors (Lipinski definition) is 2. The summed E-state index contributed by atoms with van der Waals surface area (Å²) in [5.74, 6) is -2.39. The number of amides is 1. The molecule has 108 valence electrons. The van der Waals surface area contributed by atoms with Gasteiger partial charge in [0.15, 0.2) is 11.6 Å². The summed E-state index contributed by atoms with van der Waals surface area (Å²) in [7, 11) is 1.28. The Bertz CT molecular complexity index is 516. The van der Waals surface area contributed by atoms with Crippen LogP contribution in [0, 0.1) is 5.82 Å². The first-order chi connectivity index (χ1) is 9.49. The van der Waals surface area contributed by atoms with Crippen LogP contribution in [0.1, 0.15) is 23.2 Å². The van der Waals surface area contributed by atoms with E-state index in [0.29, 0.717) is 6.42 Å². The lowest BCUT2D eigenvalue weighted by atomic mass is 10.1. The van der Waals surface area contributed by atoms with E-state index in [-0.39, 0.29) is 17.7 Å². The average Bonchev–Trinajstić information content (AvgIpc) is 2.43. The number of methoxy groups -OCH3 is 1. The molecule has 0 aromatic heterocycles. The van der Waals surface area contributed by atoms with Crippen LogP contribution in [0.25, 0.3) is 0 Å². The van der Waals surface area contributed by atoms with Crippen LogP contribution >= 0.6 is 0 Å². The predicted molar refractivity (Wildman–Crippen MR) is 71.3 cm³/mol. The highest BCUT2D eigenvalue weighted by Gasteiger charge is 2.20. The van der Waals surface area contributed by atoms with Crippen molar-refractivity contribution in [2.24, 2.45) is 0 Å². The second-order valence-corrected chi connectivity index (χ2v) is 4.08. The third-order valence-corrected chi connectivity index (χ3v) is 2.68. The largest absolute Gasteiger partial charge is 0.494 e. The summed E-state index contributed by atoms with van der Waals surface area (Å²) in [6, 6.07) is 2.56. The molecule has 1 aromatic rings. The molecule has 1 unspecified atom stereocenters. The van der Waals surface area contributed by atoms with Crippen molar-refractivity contribution in [2.45, 2.75) is 18.9 Å². The molecular formula is C14H16FNO4. The summed E-state index contributed by atoms with van der Waals surface area (Å²) < 4.78 is 18.0. The number of carboxylic acids is 1. The number of halogens is 1. The van der Waals surface area contributed by atoms with Crippen molar-refractivity contribution in [1.29, 1.82) is 0 Å². The Morgan fingerprint density at radius 2 is 2.25 bits per heavy atom. The summed E-state index contributed by atoms with van der Waals surface area (Å²) in [4.78, 5) is 22.9. The molecule has 0 radical (unpaired) electrons. The number of carbonyl (C=O) groups is 2. The molecule has 2 N–H and O–H groups in total. The summed E-state index contributed by atoms with van der Waals surface area (Å²) in [5.41, 5.74) is 0.133. The molecule has 0 bridgehead atoms. The highest BCUT2D eigenvalue weighted by Crippen LogP contribution is 2.18. The van der Waals surface area contributed by atoms with Gasteiger partial charge in [-0.3, -0.25) is 4.79 Å². The smallest absolute Gasteiger partial charge is 0.326 e. The standard InChI is InChI=1S/C14H16FNO4/c1-3-4-5-11(14(18)19)16-13(17)9-6-7-10(15)12(8-9)20-2/h3,6-8,11H,1,4-5H2,2H3,(H,16,17)(H,18,19). The number of allylic oxidation sites excluding steroid dienone is 1. The number of ether oxygens (including phenoxy) is 1. The predicted octanol–water partition coefficient (Wildman–Crippen LogP) is 1.98. The Morgan fingerprint density at radius 3 is 2.80 bits per heavy atom. The first-order valence-electron chi connectivity index (χ1n) is 5.97. The van der Waals surface area contributed by atoms with E-state index in [1.807, 2.05) is 0 Å². The maximum atomic E-state index is 13.2. The monoisotopic (exact) mass is 281 g/mol. The molecule has 5 nitrogen and oxygen atoms in total. The Morgan fingerprint density at radius 1 is 1.55 bits per heavy atom. The van der Waals surface area contributed by atoms with Crippen molar-refractivity contribution in [3.63, 3.8) is 0 Å². The Kier molecular flexibility index (Phi) is 5.71. The van der Waals surface area contributed by atoms with Gasteiger partial charge in [0.25, 0.3) is 5.91 Å². The molecule has 0 fully saturated rings. The number of benzene rings is 1. The van der Waals surface area contributed by atoms with E-state index in [1.165, 1.54) is 19.2 Å². The Balaban J connectivity index is 2.83. The van der Waals surface area contributed by atoms with Crippen molar-refractivity contribution < 1.29 is 23.8 Å². The van der Waals surface area contributed by atoms with Crippen molar-refractivity contribution >= 4 is 11.9 Å². The number of nitrogens with one attached hydrogen (secondary N) is 1. The van der Waals surface area contributed by atoms with Crippen molar-refractivity contribution in [1.82, 2.24) is 5.32 Å². The number of carbonyl (C=O) groups excluding carboxylic acids is 1. The molecule has 1 rings (SSSR count). The fraction of sp³-hybridized carbons (Fsp3) is 0.286. The molecule has 1 amide bonds. The molecule has 0 aliphatic carbocycles. The van der Waals surface area contributed by atoms with Gasteiger partial charge in [0.1, 0.15) is 6.04 Å². The molecule has 0 spiro atoms. The molecule has 1 aromatic carbocycles. The van der Waals surface area contributed by atoms with Gasteiger partial charge >= 0.3 is 5.97 Å². The summed E-state index contributed by atoms with van der Waals surface area (Å²) >= 11 is 0. The zero-order chi connectivity index (χ0) is 15.1. The number of carboxylic acid groups (broad SMARTS) is 1. The molecule has 0 aliphatic rings. The lowest BCUT2D eigenvalue weighted by Gasteiger charge is -2.14. The summed E-state index contributed by atoms with van der Waals surface area (Å²) in [6.07, 6.45) is 2.27. The molecule has 1 atom stereocenters. The molecule has 0 saturated heterocycles. The van der Waals surface area contributed by atoms with E-state index < -0.39 is 23.7 Å². The van der Waals surface area contributed by atoms with Gasteiger partial charge in [-0.2, -0.15) is 0 Å². The second-order valence-electron chi connectivity index (χ2n) is 4.08. The molecular weight excluding hydrogens is 265 g/mol. The molecule has 0 saturated carbocycles. The molecule has 20 heavy (non-hydrogen) atoms. The summed E-state index contributed by atoms with van der Waals surface area (Å²) in [6.45, 7) is 3.50. The van der Waals surface area contributed by atoms with Crippen LogP contribution in [-0.4, -0.2) is 30.1 Å². The van der Waals surface area contributed by atoms with Gasteiger partial charge in [-0.15, -0.1) is 6.58 Å². The third-order valence-electron chi connectivity index (χ3n) is 2.68. The first kappa shape index (κ1) is 15.7. The quantitative estimate of drug-likeness (QED) is 0.749. The minimum atomic E-state index is -1.13. The zero-order valence-corrected chi connectivity index (χ0v) is 11.1. The van der Waals surface area contributed by atoms with E-state index >= 15 is 0 Å². The van der Waals surface area contributed by atoms with Gasteiger partial charge in [0.2, 0.25) is 0 Å². The number of aliphatic carboxylic acids is 1. The van der Waals surface area contributed by atoms with Gasteiger partial charge in [-0.1, -0.05) is 6.08 Å². The van der Waals surface area contributed by atoms with Crippen molar-refractivity contribution in [3.05, 3.63) is 42.2 Å². The lowest BCUT2D eigenvalue weighted by Crippen LogP contribution is -2.40. The molecule has 0 aliphatic heterocycles.